The Morgan fingerprint density at radius 1 is 1.30 bits per heavy atom. The smallest absolute Gasteiger partial charge is 0.178 e. The average Bonchev–Trinajstić information content (AvgIpc) is 2.92. The highest BCUT2D eigenvalue weighted by molar-refractivity contribution is 7.91. The second kappa shape index (κ2) is 7.09. The number of rotatable bonds is 7. The van der Waals surface area contributed by atoms with Crippen molar-refractivity contribution in [2.45, 2.75) is 31.1 Å². The zero-order valence-electron chi connectivity index (χ0n) is 12.0. The molecule has 0 saturated carbocycles. The average molecular weight is 297 g/mol. The lowest BCUT2D eigenvalue weighted by Crippen LogP contribution is -2.11. The first-order valence-corrected chi connectivity index (χ1v) is 8.93. The molecule has 1 unspecified atom stereocenters. The van der Waals surface area contributed by atoms with E-state index in [1.165, 1.54) is 6.42 Å². The fourth-order valence-corrected chi connectivity index (χ4v) is 3.76. The van der Waals surface area contributed by atoms with E-state index in [9.17, 15) is 8.42 Å². The number of sulfone groups is 1. The van der Waals surface area contributed by atoms with Crippen molar-refractivity contribution < 1.29 is 13.2 Å². The van der Waals surface area contributed by atoms with Crippen molar-refractivity contribution in [1.29, 1.82) is 0 Å². The molecular weight excluding hydrogens is 274 g/mol. The highest BCUT2D eigenvalue weighted by atomic mass is 32.2. The third-order valence-corrected chi connectivity index (χ3v) is 5.55. The van der Waals surface area contributed by atoms with Crippen LogP contribution < -0.4 is 10.1 Å². The van der Waals surface area contributed by atoms with Crippen LogP contribution >= 0.6 is 0 Å². The molecule has 1 heterocycles. The van der Waals surface area contributed by atoms with Crippen molar-refractivity contribution >= 4 is 9.84 Å². The fraction of sp³-hybridized carbons (Fsp3) is 0.600. The lowest BCUT2D eigenvalue weighted by atomic mass is 10.1. The molecule has 1 aromatic rings. The van der Waals surface area contributed by atoms with Gasteiger partial charge in [0.2, 0.25) is 0 Å². The third kappa shape index (κ3) is 4.21. The normalized spacial score (nSPS) is 19.1. The molecule has 0 aromatic heterocycles. The van der Waals surface area contributed by atoms with Crippen LogP contribution in [0.1, 0.15) is 26.2 Å². The Morgan fingerprint density at radius 2 is 2.05 bits per heavy atom. The molecule has 112 valence electrons. The van der Waals surface area contributed by atoms with E-state index in [1.54, 1.807) is 24.3 Å². The topological polar surface area (TPSA) is 55.4 Å². The molecule has 0 radical (unpaired) electrons. The van der Waals surface area contributed by atoms with Gasteiger partial charge in [-0.05, 0) is 62.5 Å². The molecule has 1 atom stereocenters. The molecule has 0 spiro atoms. The van der Waals surface area contributed by atoms with Crippen molar-refractivity contribution in [2.24, 2.45) is 5.92 Å². The van der Waals surface area contributed by atoms with Crippen LogP contribution in [-0.2, 0) is 9.84 Å². The molecule has 20 heavy (non-hydrogen) atoms. The van der Waals surface area contributed by atoms with Gasteiger partial charge in [-0.2, -0.15) is 0 Å². The second-order valence-corrected chi connectivity index (χ2v) is 7.40. The van der Waals surface area contributed by atoms with E-state index in [0.29, 0.717) is 23.8 Å². The Bertz CT molecular complexity index is 504. The molecule has 5 heteroatoms. The molecule has 2 rings (SSSR count). The molecule has 1 fully saturated rings. The Labute approximate surface area is 121 Å². The van der Waals surface area contributed by atoms with Crippen molar-refractivity contribution in [2.75, 3.05) is 25.4 Å². The van der Waals surface area contributed by atoms with Gasteiger partial charge >= 0.3 is 0 Å². The maximum Gasteiger partial charge on any atom is 0.178 e. The number of ether oxygens (including phenoxy) is 1. The van der Waals surface area contributed by atoms with Gasteiger partial charge in [0.05, 0.1) is 17.3 Å². The monoisotopic (exact) mass is 297 g/mol. The van der Waals surface area contributed by atoms with Crippen LogP contribution in [0.3, 0.4) is 0 Å². The van der Waals surface area contributed by atoms with Gasteiger partial charge in [-0.15, -0.1) is 0 Å². The molecule has 1 aliphatic rings. The Kier molecular flexibility index (Phi) is 5.43. The predicted octanol–water partition coefficient (Wildman–Crippen LogP) is 2.25. The van der Waals surface area contributed by atoms with E-state index in [0.717, 1.165) is 25.3 Å². The number of hydrogen-bond donors (Lipinski definition) is 1. The lowest BCUT2D eigenvalue weighted by molar-refractivity contribution is 0.283. The van der Waals surface area contributed by atoms with Gasteiger partial charge in [-0.1, -0.05) is 6.92 Å². The molecule has 4 nitrogen and oxygen atoms in total. The molecular formula is C15H23NO3S. The fourth-order valence-electron chi connectivity index (χ4n) is 2.43. The summed E-state index contributed by atoms with van der Waals surface area (Å²) >= 11 is 0. The minimum Gasteiger partial charge on any atom is -0.494 e. The van der Waals surface area contributed by atoms with Crippen LogP contribution in [-0.4, -0.2) is 33.9 Å². The maximum absolute atomic E-state index is 11.9. The zero-order valence-corrected chi connectivity index (χ0v) is 12.8. The van der Waals surface area contributed by atoms with Crippen LogP contribution in [0.15, 0.2) is 29.2 Å². The van der Waals surface area contributed by atoms with Gasteiger partial charge in [0.15, 0.2) is 9.84 Å². The summed E-state index contributed by atoms with van der Waals surface area (Å²) in [4.78, 5) is 0.381. The van der Waals surface area contributed by atoms with Gasteiger partial charge in [-0.25, -0.2) is 8.42 Å². The Balaban J connectivity index is 1.85. The van der Waals surface area contributed by atoms with Gasteiger partial charge in [0.25, 0.3) is 0 Å². The number of hydrogen-bond acceptors (Lipinski definition) is 4. The highest BCUT2D eigenvalue weighted by Crippen LogP contribution is 2.19. The van der Waals surface area contributed by atoms with Crippen molar-refractivity contribution in [3.8, 4) is 5.75 Å². The molecule has 0 aliphatic carbocycles. The first-order valence-electron chi connectivity index (χ1n) is 7.28. The van der Waals surface area contributed by atoms with Crippen LogP contribution in [0.5, 0.6) is 5.75 Å². The first-order chi connectivity index (χ1) is 9.62. The Hall–Kier alpha value is -1.07. The quantitative estimate of drug-likeness (QED) is 0.838. The van der Waals surface area contributed by atoms with Crippen LogP contribution in [0.2, 0.25) is 0 Å². The summed E-state index contributed by atoms with van der Waals surface area (Å²) in [6.07, 6.45) is 2.90. The summed E-state index contributed by atoms with van der Waals surface area (Å²) in [5, 5.41) is 3.33. The molecule has 0 amide bonds. The van der Waals surface area contributed by atoms with Gasteiger partial charge in [0, 0.05) is 0 Å². The molecule has 1 aromatic carbocycles. The summed E-state index contributed by atoms with van der Waals surface area (Å²) < 4.78 is 29.4. The summed E-state index contributed by atoms with van der Waals surface area (Å²) in [5.41, 5.74) is 0. The second-order valence-electron chi connectivity index (χ2n) is 5.29. The van der Waals surface area contributed by atoms with Crippen molar-refractivity contribution in [3.05, 3.63) is 24.3 Å². The first kappa shape index (κ1) is 15.3. The Morgan fingerprint density at radius 3 is 2.65 bits per heavy atom. The van der Waals surface area contributed by atoms with Crippen LogP contribution in [0.25, 0.3) is 0 Å². The highest BCUT2D eigenvalue weighted by Gasteiger charge is 2.15. The zero-order chi connectivity index (χ0) is 14.4. The van der Waals surface area contributed by atoms with E-state index in [2.05, 4.69) is 5.32 Å². The van der Waals surface area contributed by atoms with E-state index in [4.69, 9.17) is 4.74 Å². The molecule has 1 N–H and O–H groups in total. The standard InChI is InChI=1S/C15H23NO3S/c1-2-11-20(17,18)15-5-3-14(4-6-15)19-10-8-13-7-9-16-12-13/h3-6,13,16H,2,7-12H2,1H3. The molecule has 0 bridgehead atoms. The predicted molar refractivity (Wildman–Crippen MR) is 79.9 cm³/mol. The van der Waals surface area contributed by atoms with Crippen LogP contribution in [0.4, 0.5) is 0 Å². The minimum atomic E-state index is -3.12. The van der Waals surface area contributed by atoms with E-state index >= 15 is 0 Å². The van der Waals surface area contributed by atoms with Gasteiger partial charge < -0.3 is 10.1 Å². The van der Waals surface area contributed by atoms with E-state index in [-0.39, 0.29) is 5.75 Å². The van der Waals surface area contributed by atoms with Gasteiger partial charge in [0.1, 0.15) is 5.75 Å². The SMILES string of the molecule is CCCS(=O)(=O)c1ccc(OCCC2CCNC2)cc1. The summed E-state index contributed by atoms with van der Waals surface area (Å²) in [7, 11) is -3.12. The van der Waals surface area contributed by atoms with E-state index < -0.39 is 9.84 Å². The van der Waals surface area contributed by atoms with Crippen molar-refractivity contribution in [1.82, 2.24) is 5.32 Å². The summed E-state index contributed by atoms with van der Waals surface area (Å²) in [6, 6.07) is 6.76. The minimum absolute atomic E-state index is 0.196. The molecule has 1 saturated heterocycles. The lowest BCUT2D eigenvalue weighted by Gasteiger charge is -2.10. The largest absolute Gasteiger partial charge is 0.494 e. The van der Waals surface area contributed by atoms with Gasteiger partial charge in [-0.3, -0.25) is 0 Å². The van der Waals surface area contributed by atoms with Crippen LogP contribution in [0, 0.1) is 5.92 Å². The molecule has 1 aliphatic heterocycles. The maximum atomic E-state index is 11.9. The summed E-state index contributed by atoms with van der Waals surface area (Å²) in [5.74, 6) is 1.65. The number of benzene rings is 1. The van der Waals surface area contributed by atoms with Crippen molar-refractivity contribution in [3.63, 3.8) is 0 Å². The summed E-state index contributed by atoms with van der Waals surface area (Å²) in [6.45, 7) is 4.74. The number of nitrogens with one attached hydrogen (secondary N) is 1. The van der Waals surface area contributed by atoms with E-state index in [1.807, 2.05) is 6.92 Å². The third-order valence-electron chi connectivity index (χ3n) is 3.61.